The Morgan fingerprint density at radius 3 is 2.54 bits per heavy atom. The summed E-state index contributed by atoms with van der Waals surface area (Å²) in [7, 11) is 3.21. The Morgan fingerprint density at radius 1 is 1.19 bits per heavy atom. The van der Waals surface area contributed by atoms with E-state index in [1.165, 1.54) is 28.8 Å². The number of halogens is 1. The van der Waals surface area contributed by atoms with Crippen LogP contribution in [0.4, 0.5) is 4.39 Å². The van der Waals surface area contributed by atoms with Crippen molar-refractivity contribution in [1.29, 1.82) is 0 Å². The van der Waals surface area contributed by atoms with Crippen LogP contribution >= 0.6 is 24.0 Å². The lowest BCUT2D eigenvalue weighted by atomic mass is 10.2. The number of hydrogen-bond donors (Lipinski definition) is 0. The minimum atomic E-state index is -0.284. The van der Waals surface area contributed by atoms with Crippen LogP contribution in [0.15, 0.2) is 47.4 Å². The van der Waals surface area contributed by atoms with Gasteiger partial charge in [-0.25, -0.2) is 4.39 Å². The Balaban J connectivity index is 1.76. The highest BCUT2D eigenvalue weighted by molar-refractivity contribution is 8.26. The Labute approximate surface area is 160 Å². The van der Waals surface area contributed by atoms with E-state index >= 15 is 0 Å². The lowest BCUT2D eigenvalue weighted by molar-refractivity contribution is -0.121. The molecule has 1 aliphatic rings. The molecule has 0 spiro atoms. The van der Waals surface area contributed by atoms with Crippen LogP contribution in [0.5, 0.6) is 11.5 Å². The quantitative estimate of drug-likeness (QED) is 0.565. The molecule has 1 heterocycles. The summed E-state index contributed by atoms with van der Waals surface area (Å²) in [5, 5.41) is 0. The number of hydrogen-bond acceptors (Lipinski definition) is 5. The summed E-state index contributed by atoms with van der Waals surface area (Å²) < 4.78 is 24.6. The van der Waals surface area contributed by atoms with Gasteiger partial charge in [0.25, 0.3) is 5.91 Å². The molecule has 26 heavy (non-hydrogen) atoms. The number of thiocarbonyl (C=S) groups is 1. The molecule has 4 nitrogen and oxygen atoms in total. The molecule has 1 amide bonds. The van der Waals surface area contributed by atoms with Gasteiger partial charge in [0, 0.05) is 7.05 Å². The molecule has 0 bridgehead atoms. The molecule has 3 rings (SSSR count). The molecule has 0 N–H and O–H groups in total. The van der Waals surface area contributed by atoms with Crippen molar-refractivity contribution < 1.29 is 18.7 Å². The third-order valence-corrected chi connectivity index (χ3v) is 5.26. The van der Waals surface area contributed by atoms with Gasteiger partial charge < -0.3 is 9.47 Å². The van der Waals surface area contributed by atoms with Gasteiger partial charge in [-0.2, -0.15) is 0 Å². The molecule has 1 saturated heterocycles. The van der Waals surface area contributed by atoms with E-state index in [4.69, 9.17) is 21.7 Å². The molecule has 7 heteroatoms. The second kappa shape index (κ2) is 7.88. The zero-order chi connectivity index (χ0) is 18.7. The van der Waals surface area contributed by atoms with Crippen LogP contribution in [0.25, 0.3) is 6.08 Å². The smallest absolute Gasteiger partial charge is 0.265 e. The van der Waals surface area contributed by atoms with Crippen LogP contribution in [0.2, 0.25) is 0 Å². The monoisotopic (exact) mass is 389 g/mol. The summed E-state index contributed by atoms with van der Waals surface area (Å²) in [6, 6.07) is 11.5. The van der Waals surface area contributed by atoms with Crippen molar-refractivity contribution in [3.63, 3.8) is 0 Å². The van der Waals surface area contributed by atoms with Gasteiger partial charge in [0.05, 0.1) is 12.0 Å². The maximum atomic E-state index is 13.0. The van der Waals surface area contributed by atoms with Crippen LogP contribution in [0.3, 0.4) is 0 Å². The van der Waals surface area contributed by atoms with Crippen LogP contribution in [-0.2, 0) is 11.4 Å². The molecule has 0 aliphatic carbocycles. The number of likely N-dealkylation sites (N-methyl/N-ethyl adjacent to an activating group) is 1. The molecular weight excluding hydrogens is 373 g/mol. The topological polar surface area (TPSA) is 38.8 Å². The van der Waals surface area contributed by atoms with Crippen molar-refractivity contribution in [2.75, 3.05) is 14.2 Å². The zero-order valence-electron chi connectivity index (χ0n) is 14.2. The van der Waals surface area contributed by atoms with E-state index in [2.05, 4.69) is 0 Å². The normalized spacial score (nSPS) is 15.7. The number of carbonyl (C=O) groups excluding carboxylic acids is 1. The van der Waals surface area contributed by atoms with Gasteiger partial charge in [-0.05, 0) is 41.5 Å². The molecular formula is C19H16FNO3S2. The van der Waals surface area contributed by atoms with E-state index in [-0.39, 0.29) is 11.7 Å². The number of rotatable bonds is 5. The summed E-state index contributed by atoms with van der Waals surface area (Å²) in [6.45, 7) is 0.296. The van der Waals surface area contributed by atoms with Crippen molar-refractivity contribution in [1.82, 2.24) is 4.90 Å². The first kappa shape index (κ1) is 18.4. The third kappa shape index (κ3) is 4.05. The predicted octanol–water partition coefficient (Wildman–Crippen LogP) is 4.24. The number of amides is 1. The molecule has 2 aromatic rings. The van der Waals surface area contributed by atoms with Crippen molar-refractivity contribution >= 4 is 40.3 Å². The number of thioether (sulfide) groups is 1. The van der Waals surface area contributed by atoms with E-state index in [9.17, 15) is 9.18 Å². The average molecular weight is 389 g/mol. The fourth-order valence-corrected chi connectivity index (χ4v) is 3.51. The first-order chi connectivity index (χ1) is 12.5. The Hall–Kier alpha value is -2.38. The van der Waals surface area contributed by atoms with Gasteiger partial charge in [-0.1, -0.05) is 42.2 Å². The predicted molar refractivity (Wildman–Crippen MR) is 105 cm³/mol. The summed E-state index contributed by atoms with van der Waals surface area (Å²) in [5.74, 6) is 0.716. The minimum absolute atomic E-state index is 0.115. The molecule has 0 unspecified atom stereocenters. The maximum Gasteiger partial charge on any atom is 0.265 e. The molecule has 0 atom stereocenters. The second-order valence-electron chi connectivity index (χ2n) is 5.57. The summed E-state index contributed by atoms with van der Waals surface area (Å²) in [5.41, 5.74) is 1.66. The Morgan fingerprint density at radius 2 is 1.92 bits per heavy atom. The third-order valence-electron chi connectivity index (χ3n) is 3.78. The number of carbonyl (C=O) groups is 1. The van der Waals surface area contributed by atoms with Gasteiger partial charge in [0.2, 0.25) is 0 Å². The fraction of sp³-hybridized carbons (Fsp3) is 0.158. The van der Waals surface area contributed by atoms with Crippen molar-refractivity contribution in [3.8, 4) is 11.5 Å². The lowest BCUT2D eigenvalue weighted by Crippen LogP contribution is -2.22. The zero-order valence-corrected chi connectivity index (χ0v) is 15.8. The molecule has 0 aromatic heterocycles. The largest absolute Gasteiger partial charge is 0.493 e. The molecule has 1 fully saturated rings. The van der Waals surface area contributed by atoms with Crippen LogP contribution in [0.1, 0.15) is 11.1 Å². The Bertz CT molecular complexity index is 881. The van der Waals surface area contributed by atoms with Crippen molar-refractivity contribution in [2.24, 2.45) is 0 Å². The number of benzene rings is 2. The van der Waals surface area contributed by atoms with Crippen LogP contribution in [-0.4, -0.2) is 29.3 Å². The molecule has 2 aromatic carbocycles. The van der Waals surface area contributed by atoms with Crippen molar-refractivity contribution in [2.45, 2.75) is 6.61 Å². The van der Waals surface area contributed by atoms with Crippen LogP contribution in [0, 0.1) is 5.82 Å². The van der Waals surface area contributed by atoms with E-state index in [0.29, 0.717) is 27.3 Å². The van der Waals surface area contributed by atoms with Gasteiger partial charge >= 0.3 is 0 Å². The standard InChI is InChI=1S/C19H16FNO3S2/c1-21-18(22)17(26-19(21)25)10-13-5-8-15(16(9-13)23-2)24-11-12-3-6-14(20)7-4-12/h3-10H,11H2,1-2H3. The van der Waals surface area contributed by atoms with Gasteiger partial charge in [0.15, 0.2) is 11.5 Å². The molecule has 0 radical (unpaired) electrons. The second-order valence-corrected chi connectivity index (χ2v) is 7.24. The SMILES string of the molecule is COc1cc(C=C2SC(=S)N(C)C2=O)ccc1OCc1ccc(F)cc1. The van der Waals surface area contributed by atoms with Crippen molar-refractivity contribution in [3.05, 3.63) is 64.3 Å². The highest BCUT2D eigenvalue weighted by Gasteiger charge is 2.28. The molecule has 134 valence electrons. The van der Waals surface area contributed by atoms with Crippen LogP contribution < -0.4 is 9.47 Å². The summed E-state index contributed by atoms with van der Waals surface area (Å²) >= 11 is 6.40. The number of nitrogens with zero attached hydrogens (tertiary/aromatic N) is 1. The minimum Gasteiger partial charge on any atom is -0.493 e. The van der Waals surface area contributed by atoms with E-state index in [0.717, 1.165) is 11.1 Å². The Kier molecular flexibility index (Phi) is 5.58. The van der Waals surface area contributed by atoms with Gasteiger partial charge in [0.1, 0.15) is 16.7 Å². The first-order valence-corrected chi connectivity index (χ1v) is 8.97. The first-order valence-electron chi connectivity index (χ1n) is 7.75. The fourth-order valence-electron chi connectivity index (χ4n) is 2.33. The van der Waals surface area contributed by atoms with Gasteiger partial charge in [-0.15, -0.1) is 0 Å². The average Bonchev–Trinajstić information content (AvgIpc) is 2.88. The summed E-state index contributed by atoms with van der Waals surface area (Å²) in [6.07, 6.45) is 1.77. The summed E-state index contributed by atoms with van der Waals surface area (Å²) in [4.78, 5) is 14.1. The highest BCUT2D eigenvalue weighted by atomic mass is 32.2. The number of methoxy groups -OCH3 is 1. The maximum absolute atomic E-state index is 13.0. The van der Waals surface area contributed by atoms with E-state index in [1.54, 1.807) is 44.5 Å². The van der Waals surface area contributed by atoms with E-state index < -0.39 is 0 Å². The van der Waals surface area contributed by atoms with E-state index in [1.807, 2.05) is 6.07 Å². The van der Waals surface area contributed by atoms with Gasteiger partial charge in [-0.3, -0.25) is 9.69 Å². The molecule has 1 aliphatic heterocycles. The lowest BCUT2D eigenvalue weighted by Gasteiger charge is -2.11. The molecule has 0 saturated carbocycles. The number of ether oxygens (including phenoxy) is 2. The highest BCUT2D eigenvalue weighted by Crippen LogP contribution is 2.34.